The summed E-state index contributed by atoms with van der Waals surface area (Å²) < 4.78 is 12.0. The van der Waals surface area contributed by atoms with E-state index in [9.17, 15) is 5.26 Å². The minimum Gasteiger partial charge on any atom is -0.462 e. The van der Waals surface area contributed by atoms with Gasteiger partial charge in [0, 0.05) is 42.6 Å². The average molecular weight is 372 g/mol. The van der Waals surface area contributed by atoms with Crippen molar-refractivity contribution in [1.82, 2.24) is 0 Å². The molecule has 0 saturated heterocycles. The molecule has 1 aromatic carbocycles. The second kappa shape index (κ2) is 7.09. The molecule has 0 aromatic heterocycles. The molecule has 3 aliphatic rings. The van der Waals surface area contributed by atoms with Gasteiger partial charge in [0.15, 0.2) is 0 Å². The van der Waals surface area contributed by atoms with Gasteiger partial charge in [-0.15, -0.1) is 0 Å². The summed E-state index contributed by atoms with van der Waals surface area (Å²) in [6.45, 7) is 6.88. The van der Waals surface area contributed by atoms with Crippen LogP contribution in [0.4, 0.5) is 5.69 Å². The first-order valence-corrected chi connectivity index (χ1v) is 9.59. The number of hydrogen-bond acceptors (Lipinski definition) is 4. The van der Waals surface area contributed by atoms with E-state index in [0.717, 1.165) is 41.4 Å². The number of rotatable bonds is 1. The molecule has 142 valence electrons. The third kappa shape index (κ3) is 3.36. The molecule has 3 heterocycles. The number of hydrogen-bond donors (Lipinski definition) is 0. The lowest BCUT2D eigenvalue weighted by molar-refractivity contribution is 0.313. The van der Waals surface area contributed by atoms with Gasteiger partial charge >= 0.3 is 0 Å². The number of fused-ring (bicyclic) bond motifs is 2. The van der Waals surface area contributed by atoms with Crippen molar-refractivity contribution < 1.29 is 9.47 Å². The normalized spacial score (nSPS) is 21.3. The maximum absolute atomic E-state index is 9.18. The lowest BCUT2D eigenvalue weighted by atomic mass is 9.94. The molecule has 3 aliphatic heterocycles. The predicted octanol–water partition coefficient (Wildman–Crippen LogP) is 5.41. The third-order valence-electron chi connectivity index (χ3n) is 5.36. The summed E-state index contributed by atoms with van der Waals surface area (Å²) >= 11 is 0. The summed E-state index contributed by atoms with van der Waals surface area (Å²) in [6, 6.07) is 6.62. The lowest BCUT2D eigenvalue weighted by Gasteiger charge is -2.30. The topological polar surface area (TPSA) is 45.5 Å². The zero-order chi connectivity index (χ0) is 19.8. The maximum atomic E-state index is 9.18. The number of aryl methyl sites for hydroxylation is 1. The Morgan fingerprint density at radius 3 is 2.79 bits per heavy atom. The standard InChI is InChI=1S/C24H24N2O2/c1-15-8-20(12-21-10-19(16(2)14-25)9-17(3)27-21)28-24-13-23-18(11-22(15)24)6-5-7-26(23)4/h8-13H,5-7H2,1-4H3/b19-16-,20-12+. The summed E-state index contributed by atoms with van der Waals surface area (Å²) in [5, 5.41) is 9.18. The fourth-order valence-electron chi connectivity index (χ4n) is 3.86. The van der Waals surface area contributed by atoms with Crippen LogP contribution in [-0.4, -0.2) is 13.6 Å². The molecule has 0 bridgehead atoms. The first-order valence-electron chi connectivity index (χ1n) is 9.59. The summed E-state index contributed by atoms with van der Waals surface area (Å²) in [5.74, 6) is 3.04. The molecule has 4 heteroatoms. The van der Waals surface area contributed by atoms with Gasteiger partial charge in [-0.2, -0.15) is 5.26 Å². The quantitative estimate of drug-likeness (QED) is 0.619. The van der Waals surface area contributed by atoms with Crippen molar-refractivity contribution in [3.63, 3.8) is 0 Å². The highest BCUT2D eigenvalue weighted by Crippen LogP contribution is 2.40. The van der Waals surface area contributed by atoms with Crippen LogP contribution in [0.15, 0.2) is 64.9 Å². The van der Waals surface area contributed by atoms with E-state index in [1.54, 1.807) is 0 Å². The summed E-state index contributed by atoms with van der Waals surface area (Å²) in [4.78, 5) is 2.29. The number of nitrogens with zero attached hydrogens (tertiary/aromatic N) is 2. The highest BCUT2D eigenvalue weighted by Gasteiger charge is 2.22. The summed E-state index contributed by atoms with van der Waals surface area (Å²) in [5.41, 5.74) is 6.50. The van der Waals surface area contributed by atoms with Crippen molar-refractivity contribution in [2.75, 3.05) is 18.5 Å². The van der Waals surface area contributed by atoms with Gasteiger partial charge in [-0.05, 0) is 74.6 Å². The van der Waals surface area contributed by atoms with Gasteiger partial charge in [-0.1, -0.05) is 0 Å². The second-order valence-electron chi connectivity index (χ2n) is 7.57. The molecule has 28 heavy (non-hydrogen) atoms. The van der Waals surface area contributed by atoms with Gasteiger partial charge in [0.1, 0.15) is 23.0 Å². The first-order chi connectivity index (χ1) is 13.4. The van der Waals surface area contributed by atoms with Gasteiger partial charge in [-0.25, -0.2) is 0 Å². The van der Waals surface area contributed by atoms with Crippen LogP contribution in [0.25, 0.3) is 5.57 Å². The average Bonchev–Trinajstić information content (AvgIpc) is 2.66. The number of benzene rings is 1. The van der Waals surface area contributed by atoms with Crippen LogP contribution in [-0.2, 0) is 11.2 Å². The van der Waals surface area contributed by atoms with E-state index in [4.69, 9.17) is 9.47 Å². The van der Waals surface area contributed by atoms with Crippen LogP contribution in [0, 0.1) is 11.3 Å². The molecule has 0 N–H and O–H groups in total. The van der Waals surface area contributed by atoms with Crippen molar-refractivity contribution >= 4 is 11.3 Å². The Bertz CT molecular complexity index is 1050. The zero-order valence-corrected chi connectivity index (χ0v) is 16.8. The molecule has 0 amide bonds. The molecule has 0 radical (unpaired) electrons. The van der Waals surface area contributed by atoms with Gasteiger partial charge < -0.3 is 14.4 Å². The van der Waals surface area contributed by atoms with Crippen molar-refractivity contribution in [3.8, 4) is 11.8 Å². The number of ether oxygens (including phenoxy) is 2. The molecular formula is C24H24N2O2. The van der Waals surface area contributed by atoms with Crippen LogP contribution in [0.2, 0.25) is 0 Å². The SMILES string of the molecule is CC1=C/C(=C(\C)C#N)C=C(/C=C2\C=C(C)c3cc4c(cc3O2)N(C)CCC4)O1. The van der Waals surface area contributed by atoms with E-state index in [2.05, 4.69) is 37.1 Å². The smallest absolute Gasteiger partial charge is 0.137 e. The van der Waals surface area contributed by atoms with Crippen LogP contribution >= 0.6 is 0 Å². The molecule has 0 fully saturated rings. The van der Waals surface area contributed by atoms with E-state index in [1.165, 1.54) is 23.2 Å². The largest absolute Gasteiger partial charge is 0.462 e. The van der Waals surface area contributed by atoms with E-state index in [0.29, 0.717) is 11.3 Å². The van der Waals surface area contributed by atoms with Gasteiger partial charge in [0.25, 0.3) is 0 Å². The van der Waals surface area contributed by atoms with Gasteiger partial charge in [0.05, 0.1) is 6.07 Å². The maximum Gasteiger partial charge on any atom is 0.137 e. The van der Waals surface area contributed by atoms with Crippen LogP contribution < -0.4 is 9.64 Å². The van der Waals surface area contributed by atoms with Crippen molar-refractivity contribution in [1.29, 1.82) is 5.26 Å². The Balaban J connectivity index is 1.70. The first kappa shape index (κ1) is 18.2. The zero-order valence-electron chi connectivity index (χ0n) is 16.8. The molecule has 0 unspecified atom stereocenters. The minimum atomic E-state index is 0.662. The Labute approximate surface area is 166 Å². The Kier molecular flexibility index (Phi) is 4.60. The summed E-state index contributed by atoms with van der Waals surface area (Å²) in [6.07, 6.45) is 9.98. The molecule has 4 rings (SSSR count). The van der Waals surface area contributed by atoms with Gasteiger partial charge in [0.2, 0.25) is 0 Å². The van der Waals surface area contributed by atoms with E-state index in [-0.39, 0.29) is 0 Å². The van der Waals surface area contributed by atoms with E-state index < -0.39 is 0 Å². The van der Waals surface area contributed by atoms with Crippen molar-refractivity contribution in [3.05, 3.63) is 76.0 Å². The molecule has 0 saturated carbocycles. The highest BCUT2D eigenvalue weighted by molar-refractivity contribution is 5.77. The number of anilines is 1. The number of allylic oxidation sites excluding steroid dienone is 8. The summed E-state index contributed by atoms with van der Waals surface area (Å²) in [7, 11) is 2.13. The van der Waals surface area contributed by atoms with Crippen molar-refractivity contribution in [2.45, 2.75) is 33.6 Å². The molecule has 1 aromatic rings. The number of nitriles is 1. The Hall–Kier alpha value is -3.19. The molecule has 0 atom stereocenters. The molecule has 0 aliphatic carbocycles. The fraction of sp³-hybridized carbons (Fsp3) is 0.292. The van der Waals surface area contributed by atoms with Crippen molar-refractivity contribution in [2.24, 2.45) is 0 Å². The molecule has 0 spiro atoms. The second-order valence-corrected chi connectivity index (χ2v) is 7.57. The van der Waals surface area contributed by atoms with E-state index in [1.807, 2.05) is 38.2 Å². The monoisotopic (exact) mass is 372 g/mol. The Morgan fingerprint density at radius 1 is 1.18 bits per heavy atom. The Morgan fingerprint density at radius 2 is 2.00 bits per heavy atom. The molecule has 4 nitrogen and oxygen atoms in total. The highest BCUT2D eigenvalue weighted by atomic mass is 16.5. The molecular weight excluding hydrogens is 348 g/mol. The van der Waals surface area contributed by atoms with Crippen LogP contribution in [0.1, 0.15) is 38.3 Å². The lowest BCUT2D eigenvalue weighted by Crippen LogP contribution is -2.25. The minimum absolute atomic E-state index is 0.662. The van der Waals surface area contributed by atoms with E-state index >= 15 is 0 Å². The fourth-order valence-corrected chi connectivity index (χ4v) is 3.86. The third-order valence-corrected chi connectivity index (χ3v) is 5.36. The van der Waals surface area contributed by atoms with Crippen LogP contribution in [0.5, 0.6) is 5.75 Å². The van der Waals surface area contributed by atoms with Crippen LogP contribution in [0.3, 0.4) is 0 Å². The predicted molar refractivity (Wildman–Crippen MR) is 112 cm³/mol. The van der Waals surface area contributed by atoms with Gasteiger partial charge in [-0.3, -0.25) is 0 Å².